The Morgan fingerprint density at radius 1 is 1.21 bits per heavy atom. The highest BCUT2D eigenvalue weighted by Gasteiger charge is 2.04. The van der Waals surface area contributed by atoms with Gasteiger partial charge in [0.25, 0.3) is 0 Å². The van der Waals surface area contributed by atoms with Crippen molar-refractivity contribution in [2.24, 2.45) is 5.92 Å². The Morgan fingerprint density at radius 2 is 2.00 bits per heavy atom. The molecular weight excluding hydrogens is 236 g/mol. The topological polar surface area (TPSA) is 42.0 Å². The maximum absolute atomic E-state index is 11.0. The number of benzene rings is 1. The highest BCUT2D eigenvalue weighted by atomic mass is 16.1. The van der Waals surface area contributed by atoms with E-state index >= 15 is 0 Å². The summed E-state index contributed by atoms with van der Waals surface area (Å²) in [6.45, 7) is 5.21. The molecule has 0 bridgehead atoms. The van der Waals surface area contributed by atoms with E-state index in [9.17, 15) is 4.79 Å². The van der Waals surface area contributed by atoms with E-state index in [1.54, 1.807) is 6.20 Å². The molecule has 2 aromatic rings. The van der Waals surface area contributed by atoms with E-state index < -0.39 is 0 Å². The number of aromatic nitrogens is 1. The SMILES string of the molecule is CC(C)CNc1ccc(-c2ccccc2C=O)cn1. The van der Waals surface area contributed by atoms with Crippen LogP contribution in [-0.2, 0) is 0 Å². The lowest BCUT2D eigenvalue weighted by atomic mass is 10.0. The number of rotatable bonds is 5. The Hall–Kier alpha value is -2.16. The first-order valence-electron chi connectivity index (χ1n) is 6.45. The van der Waals surface area contributed by atoms with Crippen LogP contribution in [0.3, 0.4) is 0 Å². The summed E-state index contributed by atoms with van der Waals surface area (Å²) in [5, 5.41) is 3.27. The van der Waals surface area contributed by atoms with Crippen LogP contribution < -0.4 is 5.32 Å². The van der Waals surface area contributed by atoms with E-state index in [1.165, 1.54) is 0 Å². The maximum atomic E-state index is 11.0. The van der Waals surface area contributed by atoms with E-state index in [-0.39, 0.29) is 0 Å². The summed E-state index contributed by atoms with van der Waals surface area (Å²) in [6, 6.07) is 11.5. The highest BCUT2D eigenvalue weighted by Crippen LogP contribution is 2.22. The van der Waals surface area contributed by atoms with Crippen molar-refractivity contribution in [3.05, 3.63) is 48.2 Å². The molecule has 0 spiro atoms. The van der Waals surface area contributed by atoms with Gasteiger partial charge in [-0.3, -0.25) is 4.79 Å². The summed E-state index contributed by atoms with van der Waals surface area (Å²) < 4.78 is 0. The summed E-state index contributed by atoms with van der Waals surface area (Å²) in [6.07, 6.45) is 2.67. The molecule has 3 nitrogen and oxygen atoms in total. The minimum Gasteiger partial charge on any atom is -0.370 e. The van der Waals surface area contributed by atoms with Gasteiger partial charge in [-0.05, 0) is 23.6 Å². The molecule has 1 N–H and O–H groups in total. The molecule has 19 heavy (non-hydrogen) atoms. The fourth-order valence-electron chi connectivity index (χ4n) is 1.83. The van der Waals surface area contributed by atoms with Crippen molar-refractivity contribution in [1.82, 2.24) is 4.98 Å². The summed E-state index contributed by atoms with van der Waals surface area (Å²) in [5.41, 5.74) is 2.56. The lowest BCUT2D eigenvalue weighted by Gasteiger charge is -2.09. The van der Waals surface area contributed by atoms with Gasteiger partial charge in [-0.2, -0.15) is 0 Å². The Balaban J connectivity index is 2.20. The first-order valence-corrected chi connectivity index (χ1v) is 6.45. The number of pyridine rings is 1. The van der Waals surface area contributed by atoms with Gasteiger partial charge in [0.15, 0.2) is 6.29 Å². The predicted molar refractivity (Wildman–Crippen MR) is 78.4 cm³/mol. The van der Waals surface area contributed by atoms with Crippen LogP contribution in [0.15, 0.2) is 42.6 Å². The zero-order valence-corrected chi connectivity index (χ0v) is 11.3. The third-order valence-electron chi connectivity index (χ3n) is 2.85. The second-order valence-electron chi connectivity index (χ2n) is 4.91. The van der Waals surface area contributed by atoms with Gasteiger partial charge >= 0.3 is 0 Å². The number of hydrogen-bond donors (Lipinski definition) is 1. The van der Waals surface area contributed by atoms with Gasteiger partial charge in [0.1, 0.15) is 5.82 Å². The molecule has 3 heteroatoms. The van der Waals surface area contributed by atoms with E-state index in [1.807, 2.05) is 36.4 Å². The molecule has 0 aliphatic carbocycles. The molecular formula is C16H18N2O. The van der Waals surface area contributed by atoms with Crippen molar-refractivity contribution in [2.75, 3.05) is 11.9 Å². The summed E-state index contributed by atoms with van der Waals surface area (Å²) in [7, 11) is 0. The molecule has 0 atom stereocenters. The number of carbonyl (C=O) groups is 1. The molecule has 2 rings (SSSR count). The van der Waals surface area contributed by atoms with Crippen LogP contribution in [0, 0.1) is 5.92 Å². The van der Waals surface area contributed by atoms with Gasteiger partial charge in [-0.25, -0.2) is 4.98 Å². The van der Waals surface area contributed by atoms with E-state index in [0.717, 1.165) is 29.8 Å². The van der Waals surface area contributed by atoms with Crippen LogP contribution in [0.1, 0.15) is 24.2 Å². The number of nitrogens with zero attached hydrogens (tertiary/aromatic N) is 1. The first kappa shape index (κ1) is 13.3. The fourth-order valence-corrected chi connectivity index (χ4v) is 1.83. The summed E-state index contributed by atoms with van der Waals surface area (Å²) in [5.74, 6) is 1.44. The zero-order valence-electron chi connectivity index (χ0n) is 11.3. The van der Waals surface area contributed by atoms with Gasteiger partial charge in [-0.1, -0.05) is 38.1 Å². The van der Waals surface area contributed by atoms with Crippen molar-refractivity contribution in [1.29, 1.82) is 0 Å². The second-order valence-corrected chi connectivity index (χ2v) is 4.91. The molecule has 0 radical (unpaired) electrons. The van der Waals surface area contributed by atoms with Gasteiger partial charge in [0, 0.05) is 23.9 Å². The zero-order chi connectivity index (χ0) is 13.7. The molecule has 0 fully saturated rings. The van der Waals surface area contributed by atoms with Crippen LogP contribution in [0.2, 0.25) is 0 Å². The number of hydrogen-bond acceptors (Lipinski definition) is 3. The second kappa shape index (κ2) is 6.14. The third-order valence-corrected chi connectivity index (χ3v) is 2.85. The minimum absolute atomic E-state index is 0.581. The summed E-state index contributed by atoms with van der Waals surface area (Å²) >= 11 is 0. The average molecular weight is 254 g/mol. The van der Waals surface area contributed by atoms with Gasteiger partial charge in [0.2, 0.25) is 0 Å². The number of nitrogens with one attached hydrogen (secondary N) is 1. The van der Waals surface area contributed by atoms with Crippen molar-refractivity contribution < 1.29 is 4.79 Å². The standard InChI is InChI=1S/C16H18N2O/c1-12(2)9-17-16-8-7-13(10-18-16)15-6-4-3-5-14(15)11-19/h3-8,10-12H,9H2,1-2H3,(H,17,18). The Bertz CT molecular complexity index is 547. The molecule has 0 amide bonds. The Kier molecular flexibility index (Phi) is 4.29. The first-order chi connectivity index (χ1) is 9.20. The lowest BCUT2D eigenvalue weighted by Crippen LogP contribution is -2.08. The monoisotopic (exact) mass is 254 g/mol. The van der Waals surface area contributed by atoms with Crippen LogP contribution >= 0.6 is 0 Å². The quantitative estimate of drug-likeness (QED) is 0.828. The maximum Gasteiger partial charge on any atom is 0.150 e. The smallest absolute Gasteiger partial charge is 0.150 e. The van der Waals surface area contributed by atoms with E-state index in [4.69, 9.17) is 0 Å². The van der Waals surface area contributed by atoms with Gasteiger partial charge in [-0.15, -0.1) is 0 Å². The Labute approximate surface area is 113 Å². The lowest BCUT2D eigenvalue weighted by molar-refractivity contribution is 0.112. The van der Waals surface area contributed by atoms with Crippen molar-refractivity contribution in [3.8, 4) is 11.1 Å². The Morgan fingerprint density at radius 3 is 2.63 bits per heavy atom. The molecule has 1 heterocycles. The van der Waals surface area contributed by atoms with Crippen LogP contribution in [0.4, 0.5) is 5.82 Å². The average Bonchev–Trinajstić information content (AvgIpc) is 2.45. The van der Waals surface area contributed by atoms with Gasteiger partial charge < -0.3 is 5.32 Å². The van der Waals surface area contributed by atoms with E-state index in [2.05, 4.69) is 24.1 Å². The van der Waals surface area contributed by atoms with Crippen molar-refractivity contribution in [2.45, 2.75) is 13.8 Å². The molecule has 1 aromatic heterocycles. The van der Waals surface area contributed by atoms with Crippen molar-refractivity contribution >= 4 is 12.1 Å². The highest BCUT2D eigenvalue weighted by molar-refractivity contribution is 5.87. The molecule has 0 saturated carbocycles. The molecule has 1 aromatic carbocycles. The minimum atomic E-state index is 0.581. The normalized spacial score (nSPS) is 10.5. The number of aldehydes is 1. The van der Waals surface area contributed by atoms with Crippen LogP contribution in [-0.4, -0.2) is 17.8 Å². The fraction of sp³-hybridized carbons (Fsp3) is 0.250. The van der Waals surface area contributed by atoms with Crippen LogP contribution in [0.5, 0.6) is 0 Å². The number of carbonyl (C=O) groups excluding carboxylic acids is 1. The molecule has 0 saturated heterocycles. The number of anilines is 1. The van der Waals surface area contributed by atoms with Gasteiger partial charge in [0.05, 0.1) is 0 Å². The van der Waals surface area contributed by atoms with Crippen LogP contribution in [0.25, 0.3) is 11.1 Å². The summed E-state index contributed by atoms with van der Waals surface area (Å²) in [4.78, 5) is 15.4. The molecule has 0 aliphatic heterocycles. The van der Waals surface area contributed by atoms with Crippen molar-refractivity contribution in [3.63, 3.8) is 0 Å². The largest absolute Gasteiger partial charge is 0.370 e. The third kappa shape index (κ3) is 3.41. The predicted octanol–water partition coefficient (Wildman–Crippen LogP) is 3.63. The van der Waals surface area contributed by atoms with E-state index in [0.29, 0.717) is 11.5 Å². The molecule has 0 aliphatic rings. The molecule has 98 valence electrons. The molecule has 0 unspecified atom stereocenters.